The summed E-state index contributed by atoms with van der Waals surface area (Å²) >= 11 is 0. The fourth-order valence-electron chi connectivity index (χ4n) is 2.62. The molecule has 0 heterocycles. The Morgan fingerprint density at radius 2 is 2.14 bits per heavy atom. The third kappa shape index (κ3) is 3.66. The highest BCUT2D eigenvalue weighted by Gasteiger charge is 2.32. The van der Waals surface area contributed by atoms with Crippen molar-refractivity contribution < 1.29 is 17.9 Å². The summed E-state index contributed by atoms with van der Waals surface area (Å²) in [6.07, 6.45) is 2.49. The molecule has 6 nitrogen and oxygen atoms in total. The van der Waals surface area contributed by atoms with E-state index < -0.39 is 10.0 Å². The molecule has 21 heavy (non-hydrogen) atoms. The van der Waals surface area contributed by atoms with Crippen LogP contribution in [0.15, 0.2) is 23.1 Å². The van der Waals surface area contributed by atoms with E-state index in [0.29, 0.717) is 18.0 Å². The largest absolute Gasteiger partial charge is 0.492 e. The topological polar surface area (TPSA) is 90.7 Å². The number of sulfonamides is 1. The van der Waals surface area contributed by atoms with Gasteiger partial charge < -0.3 is 15.2 Å². The van der Waals surface area contributed by atoms with Crippen molar-refractivity contribution in [3.8, 4) is 5.75 Å². The van der Waals surface area contributed by atoms with Crippen LogP contribution in [0.2, 0.25) is 0 Å². The molecule has 1 aliphatic rings. The minimum atomic E-state index is -3.70. The van der Waals surface area contributed by atoms with Gasteiger partial charge in [0.05, 0.1) is 12.7 Å². The van der Waals surface area contributed by atoms with Crippen LogP contribution in [0.5, 0.6) is 5.75 Å². The predicted molar refractivity (Wildman–Crippen MR) is 80.8 cm³/mol. The van der Waals surface area contributed by atoms with E-state index >= 15 is 0 Å². The number of nitrogens with two attached hydrogens (primary N) is 1. The summed E-state index contributed by atoms with van der Waals surface area (Å²) in [5.41, 5.74) is 6.09. The van der Waals surface area contributed by atoms with Crippen molar-refractivity contribution in [1.29, 1.82) is 0 Å². The summed E-state index contributed by atoms with van der Waals surface area (Å²) in [7, 11) is -2.10. The van der Waals surface area contributed by atoms with Crippen LogP contribution in [0.4, 0.5) is 5.69 Å². The van der Waals surface area contributed by atoms with Crippen molar-refractivity contribution >= 4 is 15.7 Å². The van der Waals surface area contributed by atoms with Crippen molar-refractivity contribution in [3.05, 3.63) is 18.2 Å². The van der Waals surface area contributed by atoms with E-state index in [-0.39, 0.29) is 17.0 Å². The second-order valence-electron chi connectivity index (χ2n) is 5.07. The van der Waals surface area contributed by atoms with Crippen LogP contribution in [-0.2, 0) is 14.8 Å². The highest BCUT2D eigenvalue weighted by molar-refractivity contribution is 7.89. The minimum Gasteiger partial charge on any atom is -0.492 e. The van der Waals surface area contributed by atoms with Crippen LogP contribution in [0, 0.1) is 0 Å². The zero-order chi connectivity index (χ0) is 15.5. The van der Waals surface area contributed by atoms with Gasteiger partial charge >= 0.3 is 0 Å². The molecule has 2 unspecified atom stereocenters. The van der Waals surface area contributed by atoms with Gasteiger partial charge in [-0.1, -0.05) is 0 Å². The van der Waals surface area contributed by atoms with Gasteiger partial charge in [-0.3, -0.25) is 0 Å². The lowest BCUT2D eigenvalue weighted by Crippen LogP contribution is -2.40. The van der Waals surface area contributed by atoms with Crippen molar-refractivity contribution in [2.24, 2.45) is 0 Å². The van der Waals surface area contributed by atoms with Gasteiger partial charge in [0.15, 0.2) is 0 Å². The Kier molecular flexibility index (Phi) is 5.08. The van der Waals surface area contributed by atoms with E-state index in [4.69, 9.17) is 15.2 Å². The van der Waals surface area contributed by atoms with Gasteiger partial charge in [-0.25, -0.2) is 13.1 Å². The van der Waals surface area contributed by atoms with Crippen LogP contribution in [-0.4, -0.2) is 34.3 Å². The molecule has 1 aliphatic carbocycles. The average molecular weight is 314 g/mol. The fourth-order valence-corrected chi connectivity index (χ4v) is 4.09. The Morgan fingerprint density at radius 1 is 1.38 bits per heavy atom. The van der Waals surface area contributed by atoms with Crippen molar-refractivity contribution in [2.45, 2.75) is 43.2 Å². The van der Waals surface area contributed by atoms with E-state index in [9.17, 15) is 8.42 Å². The lowest BCUT2D eigenvalue weighted by molar-refractivity contribution is 0.0916. The number of ether oxygens (including phenoxy) is 2. The molecule has 0 spiro atoms. The molecule has 0 aromatic heterocycles. The van der Waals surface area contributed by atoms with Crippen LogP contribution >= 0.6 is 0 Å². The molecule has 1 aromatic rings. The molecule has 0 bridgehead atoms. The number of nitrogen functional groups attached to an aromatic ring is 1. The number of methoxy groups -OCH3 is 1. The van der Waals surface area contributed by atoms with E-state index in [1.54, 1.807) is 26.2 Å². The smallest absolute Gasteiger partial charge is 0.244 e. The highest BCUT2D eigenvalue weighted by atomic mass is 32.2. The standard InChI is InChI=1S/C14H22N2O4S/c1-3-20-13-8-7-10(15)9-14(13)21(17,18)16-11-5-4-6-12(11)19-2/h7-9,11-12,16H,3-6,15H2,1-2H3. The second kappa shape index (κ2) is 6.64. The molecule has 0 radical (unpaired) electrons. The molecule has 2 rings (SSSR count). The highest BCUT2D eigenvalue weighted by Crippen LogP contribution is 2.29. The molecule has 3 N–H and O–H groups in total. The van der Waals surface area contributed by atoms with Gasteiger partial charge in [0.25, 0.3) is 0 Å². The molecule has 7 heteroatoms. The Morgan fingerprint density at radius 3 is 2.81 bits per heavy atom. The van der Waals surface area contributed by atoms with E-state index in [2.05, 4.69) is 4.72 Å². The normalized spacial score (nSPS) is 22.4. The zero-order valence-electron chi connectivity index (χ0n) is 12.3. The van der Waals surface area contributed by atoms with Gasteiger partial charge in [-0.2, -0.15) is 0 Å². The molecule has 2 atom stereocenters. The Hall–Kier alpha value is -1.31. The van der Waals surface area contributed by atoms with E-state index in [0.717, 1.165) is 19.3 Å². The Bertz CT molecular complexity index is 589. The lowest BCUT2D eigenvalue weighted by atomic mass is 10.2. The number of benzene rings is 1. The van der Waals surface area contributed by atoms with Crippen LogP contribution in [0.1, 0.15) is 26.2 Å². The quantitative estimate of drug-likeness (QED) is 0.777. The summed E-state index contributed by atoms with van der Waals surface area (Å²) in [4.78, 5) is 0.0751. The zero-order valence-corrected chi connectivity index (χ0v) is 13.2. The van der Waals surface area contributed by atoms with E-state index in [1.165, 1.54) is 6.07 Å². The molecule has 1 aromatic carbocycles. The van der Waals surface area contributed by atoms with Crippen molar-refractivity contribution in [3.63, 3.8) is 0 Å². The van der Waals surface area contributed by atoms with Gasteiger partial charge in [-0.15, -0.1) is 0 Å². The first-order chi connectivity index (χ1) is 9.97. The third-order valence-electron chi connectivity index (χ3n) is 3.62. The molecule has 1 saturated carbocycles. The summed E-state index contributed by atoms with van der Waals surface area (Å²) in [6.45, 7) is 2.19. The molecular formula is C14H22N2O4S. The first-order valence-electron chi connectivity index (χ1n) is 7.05. The molecule has 0 amide bonds. The predicted octanol–water partition coefficient (Wildman–Crippen LogP) is 1.51. The molecule has 0 saturated heterocycles. The summed E-state index contributed by atoms with van der Waals surface area (Å²) < 4.78 is 38.6. The second-order valence-corrected chi connectivity index (χ2v) is 6.75. The average Bonchev–Trinajstić information content (AvgIpc) is 2.87. The Balaban J connectivity index is 2.28. The number of nitrogens with one attached hydrogen (secondary N) is 1. The van der Waals surface area contributed by atoms with Gasteiger partial charge in [0.1, 0.15) is 10.6 Å². The Labute approximate surface area is 125 Å². The SMILES string of the molecule is CCOc1ccc(N)cc1S(=O)(=O)NC1CCCC1OC. The summed E-state index contributed by atoms with van der Waals surface area (Å²) in [5, 5.41) is 0. The van der Waals surface area contributed by atoms with Crippen molar-refractivity contribution in [1.82, 2.24) is 4.72 Å². The van der Waals surface area contributed by atoms with Crippen LogP contribution < -0.4 is 15.2 Å². The third-order valence-corrected chi connectivity index (χ3v) is 5.13. The van der Waals surface area contributed by atoms with Crippen LogP contribution in [0.25, 0.3) is 0 Å². The fraction of sp³-hybridized carbons (Fsp3) is 0.571. The molecule has 0 aliphatic heterocycles. The maximum absolute atomic E-state index is 12.6. The number of hydrogen-bond acceptors (Lipinski definition) is 5. The van der Waals surface area contributed by atoms with Crippen LogP contribution in [0.3, 0.4) is 0 Å². The molecule has 118 valence electrons. The number of anilines is 1. The monoisotopic (exact) mass is 314 g/mol. The minimum absolute atomic E-state index is 0.0751. The maximum atomic E-state index is 12.6. The number of hydrogen-bond donors (Lipinski definition) is 2. The summed E-state index contributed by atoms with van der Waals surface area (Å²) in [6, 6.07) is 4.41. The summed E-state index contributed by atoms with van der Waals surface area (Å²) in [5.74, 6) is 0.311. The van der Waals surface area contributed by atoms with Crippen molar-refractivity contribution in [2.75, 3.05) is 19.5 Å². The van der Waals surface area contributed by atoms with E-state index in [1.807, 2.05) is 0 Å². The van der Waals surface area contributed by atoms with Gasteiger partial charge in [0, 0.05) is 18.8 Å². The maximum Gasteiger partial charge on any atom is 0.244 e. The molecule has 1 fully saturated rings. The van der Waals surface area contributed by atoms with Gasteiger partial charge in [0.2, 0.25) is 10.0 Å². The first kappa shape index (κ1) is 16.1. The van der Waals surface area contributed by atoms with Gasteiger partial charge in [-0.05, 0) is 44.4 Å². The molecular weight excluding hydrogens is 292 g/mol. The number of rotatable bonds is 6. The first-order valence-corrected chi connectivity index (χ1v) is 8.53. The lowest BCUT2D eigenvalue weighted by Gasteiger charge is -2.20.